The number of allylic oxidation sites excluding steroid dienone is 1. The molecule has 0 unspecified atom stereocenters. The zero-order chi connectivity index (χ0) is 28.8. The molecule has 1 saturated heterocycles. The first-order chi connectivity index (χ1) is 18.7. The highest BCUT2D eigenvalue weighted by Gasteiger charge is 2.20. The number of ether oxygens (including phenoxy) is 1. The topological polar surface area (TPSA) is 69.9 Å². The van der Waals surface area contributed by atoms with Gasteiger partial charge in [-0.2, -0.15) is 0 Å². The highest BCUT2D eigenvalue weighted by atomic mass is 16.5. The molecule has 2 aromatic rings. The van der Waals surface area contributed by atoms with Crippen LogP contribution in [-0.4, -0.2) is 80.0 Å². The Morgan fingerprint density at radius 2 is 1.51 bits per heavy atom. The zero-order valence-corrected chi connectivity index (χ0v) is 25.0. The second-order valence-electron chi connectivity index (χ2n) is 9.51. The van der Waals surface area contributed by atoms with Crippen LogP contribution < -0.4 is 0 Å². The second-order valence-corrected chi connectivity index (χ2v) is 9.51. The molecule has 1 fully saturated rings. The van der Waals surface area contributed by atoms with Gasteiger partial charge in [-0.15, -0.1) is 0 Å². The molecule has 1 aliphatic heterocycles. The Kier molecular flexibility index (Phi) is 13.1. The number of aryl methyl sites for hydroxylation is 2. The van der Waals surface area contributed by atoms with E-state index in [9.17, 15) is 4.79 Å². The van der Waals surface area contributed by atoms with Crippen LogP contribution in [0.2, 0.25) is 0 Å². The molecule has 39 heavy (non-hydrogen) atoms. The Balaban J connectivity index is 0.000000274. The lowest BCUT2D eigenvalue weighted by atomic mass is 10.1. The van der Waals surface area contributed by atoms with Gasteiger partial charge >= 0.3 is 0 Å². The average Bonchev–Trinajstić information content (AvgIpc) is 2.95. The second kappa shape index (κ2) is 16.3. The van der Waals surface area contributed by atoms with Crippen LogP contribution in [0.1, 0.15) is 56.4 Å². The average molecular weight is 532 g/mol. The Morgan fingerprint density at radius 3 is 2.03 bits per heavy atom. The normalized spacial score (nSPS) is 15.1. The van der Waals surface area contributed by atoms with Crippen molar-refractivity contribution in [2.45, 2.75) is 48.0 Å². The lowest BCUT2D eigenvalue weighted by molar-refractivity contribution is -0.132. The maximum Gasteiger partial charge on any atom is 0.222 e. The van der Waals surface area contributed by atoms with Gasteiger partial charge in [0, 0.05) is 69.2 Å². The molecular formula is C32H45N5O2. The van der Waals surface area contributed by atoms with Crippen LogP contribution in [0, 0.1) is 13.8 Å². The van der Waals surface area contributed by atoms with Crippen LogP contribution in [0.5, 0.6) is 0 Å². The third kappa shape index (κ3) is 10.2. The molecule has 0 spiro atoms. The van der Waals surface area contributed by atoms with Crippen molar-refractivity contribution >= 4 is 23.4 Å². The maximum atomic E-state index is 11.6. The quantitative estimate of drug-likeness (QED) is 0.355. The minimum absolute atomic E-state index is 0.242. The molecule has 1 aliphatic rings. The van der Waals surface area contributed by atoms with Gasteiger partial charge in [-0.05, 0) is 52.3 Å². The van der Waals surface area contributed by atoms with Gasteiger partial charge in [0.1, 0.15) is 0 Å². The van der Waals surface area contributed by atoms with Gasteiger partial charge in [0.25, 0.3) is 0 Å². The number of rotatable bonds is 6. The SMILES string of the molecule is CCN=C(/C=C(\C)N1CCN(C(=O)CC)CC1)OC.CN=C(N=C(C)c1ccccc1)c1cc(C)cc(C)c1. The molecule has 3 rings (SSSR count). The van der Waals surface area contributed by atoms with Gasteiger partial charge in [-0.25, -0.2) is 4.99 Å². The summed E-state index contributed by atoms with van der Waals surface area (Å²) >= 11 is 0. The van der Waals surface area contributed by atoms with Gasteiger partial charge in [0.05, 0.1) is 7.11 Å². The van der Waals surface area contributed by atoms with E-state index in [0.717, 1.165) is 54.6 Å². The maximum absolute atomic E-state index is 11.6. The fourth-order valence-corrected chi connectivity index (χ4v) is 4.38. The lowest BCUT2D eigenvalue weighted by Crippen LogP contribution is -2.47. The summed E-state index contributed by atoms with van der Waals surface area (Å²) in [6, 6.07) is 16.6. The fourth-order valence-electron chi connectivity index (χ4n) is 4.38. The first-order valence-corrected chi connectivity index (χ1v) is 13.7. The third-order valence-corrected chi connectivity index (χ3v) is 6.45. The van der Waals surface area contributed by atoms with Gasteiger partial charge in [-0.3, -0.25) is 14.8 Å². The third-order valence-electron chi connectivity index (χ3n) is 6.45. The summed E-state index contributed by atoms with van der Waals surface area (Å²) in [4.78, 5) is 29.1. The van der Waals surface area contributed by atoms with Crippen LogP contribution in [0.4, 0.5) is 0 Å². The Bertz CT molecular complexity index is 1170. The molecule has 210 valence electrons. The van der Waals surface area contributed by atoms with E-state index >= 15 is 0 Å². The van der Waals surface area contributed by atoms with Crippen LogP contribution in [0.25, 0.3) is 0 Å². The van der Waals surface area contributed by atoms with Crippen LogP contribution in [0.15, 0.2) is 75.3 Å². The zero-order valence-electron chi connectivity index (χ0n) is 25.0. The smallest absolute Gasteiger partial charge is 0.222 e. The highest BCUT2D eigenvalue weighted by Crippen LogP contribution is 2.13. The highest BCUT2D eigenvalue weighted by molar-refractivity contribution is 6.11. The standard InChI is InChI=1S/C18H20N2.C14H25N3O2/c1-13-10-14(2)12-17(11-13)18(19-4)20-15(3)16-8-6-5-7-9-16;1-5-14(18)17-9-7-16(8-10-17)12(3)11-13(19-4)15-6-2/h5-12H,1-4H3;11H,5-10H2,1-4H3/b;12-11+,15-13?. The van der Waals surface area contributed by atoms with Crippen molar-refractivity contribution in [3.63, 3.8) is 0 Å². The van der Waals surface area contributed by atoms with Gasteiger partial charge < -0.3 is 14.5 Å². The van der Waals surface area contributed by atoms with E-state index in [1.165, 1.54) is 11.1 Å². The molecule has 7 nitrogen and oxygen atoms in total. The van der Waals surface area contributed by atoms with E-state index in [1.807, 2.05) is 49.9 Å². The van der Waals surface area contributed by atoms with E-state index in [4.69, 9.17) is 4.74 Å². The van der Waals surface area contributed by atoms with E-state index in [-0.39, 0.29) is 5.91 Å². The summed E-state index contributed by atoms with van der Waals surface area (Å²) in [5.41, 5.74) is 6.77. The summed E-state index contributed by atoms with van der Waals surface area (Å²) in [7, 11) is 3.42. The Morgan fingerprint density at radius 1 is 0.923 bits per heavy atom. The molecule has 0 radical (unpaired) electrons. The molecule has 0 saturated carbocycles. The first kappa shape index (κ1) is 31.5. The van der Waals surface area contributed by atoms with Crippen molar-refractivity contribution in [2.75, 3.05) is 46.9 Å². The van der Waals surface area contributed by atoms with E-state index in [1.54, 1.807) is 14.2 Å². The monoisotopic (exact) mass is 531 g/mol. The fraction of sp³-hybridized carbons (Fsp3) is 0.438. The largest absolute Gasteiger partial charge is 0.481 e. The van der Waals surface area contributed by atoms with Crippen molar-refractivity contribution in [1.29, 1.82) is 0 Å². The first-order valence-electron chi connectivity index (χ1n) is 13.7. The van der Waals surface area contributed by atoms with Crippen molar-refractivity contribution in [3.8, 4) is 0 Å². The van der Waals surface area contributed by atoms with E-state index < -0.39 is 0 Å². The molecule has 0 atom stereocenters. The minimum atomic E-state index is 0.242. The number of hydrogen-bond donors (Lipinski definition) is 0. The Labute approximate surface area is 235 Å². The molecule has 0 N–H and O–H groups in total. The van der Waals surface area contributed by atoms with E-state index in [0.29, 0.717) is 18.9 Å². The van der Waals surface area contributed by atoms with Crippen LogP contribution in [-0.2, 0) is 9.53 Å². The molecule has 7 heteroatoms. The molecule has 2 aromatic carbocycles. The van der Waals surface area contributed by atoms with Crippen LogP contribution >= 0.6 is 0 Å². The molecular weight excluding hydrogens is 486 g/mol. The number of nitrogens with zero attached hydrogens (tertiary/aromatic N) is 5. The summed E-state index contributed by atoms with van der Waals surface area (Å²) in [6.45, 7) is 16.2. The van der Waals surface area contributed by atoms with Gasteiger partial charge in [-0.1, -0.05) is 54.4 Å². The van der Waals surface area contributed by atoms with Gasteiger partial charge in [0.15, 0.2) is 5.84 Å². The molecule has 0 aliphatic carbocycles. The van der Waals surface area contributed by atoms with Crippen LogP contribution in [0.3, 0.4) is 0 Å². The van der Waals surface area contributed by atoms with E-state index in [2.05, 4.69) is 71.0 Å². The molecule has 1 heterocycles. The number of carbonyl (C=O) groups excluding carboxylic acids is 1. The van der Waals surface area contributed by atoms with Crippen molar-refractivity contribution in [1.82, 2.24) is 9.80 Å². The number of carbonyl (C=O) groups is 1. The molecule has 0 aromatic heterocycles. The van der Waals surface area contributed by atoms with Crippen molar-refractivity contribution in [3.05, 3.63) is 82.6 Å². The molecule has 1 amide bonds. The predicted molar refractivity (Wildman–Crippen MR) is 164 cm³/mol. The van der Waals surface area contributed by atoms with Crippen molar-refractivity contribution < 1.29 is 9.53 Å². The number of amidine groups is 1. The lowest BCUT2D eigenvalue weighted by Gasteiger charge is -2.36. The number of methoxy groups -OCH3 is 1. The minimum Gasteiger partial charge on any atom is -0.481 e. The number of piperazine rings is 1. The summed E-state index contributed by atoms with van der Waals surface area (Å²) in [6.07, 6.45) is 2.55. The van der Waals surface area contributed by atoms with Gasteiger partial charge in [0.2, 0.25) is 11.8 Å². The predicted octanol–water partition coefficient (Wildman–Crippen LogP) is 5.70. The summed E-state index contributed by atoms with van der Waals surface area (Å²) in [5, 5.41) is 0. The Hall–Kier alpha value is -3.74. The summed E-state index contributed by atoms with van der Waals surface area (Å²) in [5.74, 6) is 1.68. The summed E-state index contributed by atoms with van der Waals surface area (Å²) < 4.78 is 5.21. The number of benzene rings is 2. The number of hydrogen-bond acceptors (Lipinski definition) is 5. The number of amides is 1. The molecule has 0 bridgehead atoms. The number of aliphatic imine (C=N–C) groups is 3. The van der Waals surface area contributed by atoms with Crippen molar-refractivity contribution in [2.24, 2.45) is 15.0 Å².